The van der Waals surface area contributed by atoms with Crippen LogP contribution in [0.25, 0.3) is 10.9 Å². The zero-order valence-corrected chi connectivity index (χ0v) is 16.0. The number of fused-ring (bicyclic) bond motifs is 1. The number of nitrogens with zero attached hydrogens (tertiary/aromatic N) is 1. The smallest absolute Gasteiger partial charge is 0.306 e. The van der Waals surface area contributed by atoms with E-state index in [4.69, 9.17) is 4.74 Å². The number of H-pyrrole nitrogens is 1. The van der Waals surface area contributed by atoms with Crippen LogP contribution in [0.3, 0.4) is 0 Å². The summed E-state index contributed by atoms with van der Waals surface area (Å²) in [6.45, 7) is -0.119. The van der Waals surface area contributed by atoms with Gasteiger partial charge < -0.3 is 15.0 Å². The zero-order valence-electron chi connectivity index (χ0n) is 15.2. The molecule has 0 aliphatic carbocycles. The second-order valence-electron chi connectivity index (χ2n) is 6.32. The lowest BCUT2D eigenvalue weighted by Gasteiger charge is -2.13. The standard InChI is InChI=1S/C19H21N3O5S/c23-16(20-8-9-22-17(24)12-28-19(22)26)11-27-18(25)7-3-4-13-10-21-15-6-2-1-5-14(13)15/h1-2,5-6,10,21H,3-4,7-9,11-12H2,(H,20,23). The Bertz CT molecular complexity index is 879. The van der Waals surface area contributed by atoms with Crippen LogP contribution in [0.4, 0.5) is 4.79 Å². The molecule has 0 bridgehead atoms. The number of aromatic amines is 1. The Morgan fingerprint density at radius 1 is 1.25 bits per heavy atom. The molecule has 1 fully saturated rings. The van der Waals surface area contributed by atoms with E-state index in [1.807, 2.05) is 30.5 Å². The van der Waals surface area contributed by atoms with Crippen LogP contribution < -0.4 is 5.32 Å². The predicted molar refractivity (Wildman–Crippen MR) is 105 cm³/mol. The molecule has 9 heteroatoms. The molecule has 1 aliphatic rings. The van der Waals surface area contributed by atoms with Crippen LogP contribution in [-0.4, -0.2) is 58.4 Å². The van der Waals surface area contributed by atoms with Crippen molar-refractivity contribution in [3.8, 4) is 0 Å². The maximum atomic E-state index is 11.8. The van der Waals surface area contributed by atoms with Gasteiger partial charge in [0.25, 0.3) is 11.1 Å². The fourth-order valence-electron chi connectivity index (χ4n) is 2.94. The quantitative estimate of drug-likeness (QED) is 0.619. The lowest BCUT2D eigenvalue weighted by Crippen LogP contribution is -2.38. The summed E-state index contributed by atoms with van der Waals surface area (Å²) in [6.07, 6.45) is 3.53. The lowest BCUT2D eigenvalue weighted by molar-refractivity contribution is -0.148. The van der Waals surface area contributed by atoms with Crippen LogP contribution >= 0.6 is 11.8 Å². The maximum absolute atomic E-state index is 11.8. The molecule has 1 aromatic heterocycles. The van der Waals surface area contributed by atoms with Crippen molar-refractivity contribution < 1.29 is 23.9 Å². The number of aryl methyl sites for hydroxylation is 1. The number of amides is 3. The first-order chi connectivity index (χ1) is 13.5. The third-order valence-corrected chi connectivity index (χ3v) is 5.22. The number of benzene rings is 1. The molecule has 1 aromatic carbocycles. The summed E-state index contributed by atoms with van der Waals surface area (Å²) < 4.78 is 4.97. The first-order valence-corrected chi connectivity index (χ1v) is 9.97. The molecule has 0 spiro atoms. The maximum Gasteiger partial charge on any atom is 0.306 e. The Kier molecular flexibility index (Phi) is 6.70. The molecule has 3 rings (SSSR count). The predicted octanol–water partition coefficient (Wildman–Crippen LogP) is 1.85. The molecule has 28 heavy (non-hydrogen) atoms. The van der Waals surface area contributed by atoms with Crippen LogP contribution in [-0.2, 0) is 25.5 Å². The molecular formula is C19H21N3O5S. The minimum Gasteiger partial charge on any atom is -0.456 e. The van der Waals surface area contributed by atoms with Gasteiger partial charge in [0.05, 0.1) is 5.75 Å². The van der Waals surface area contributed by atoms with Crippen molar-refractivity contribution in [1.29, 1.82) is 0 Å². The molecule has 0 atom stereocenters. The van der Waals surface area contributed by atoms with E-state index in [2.05, 4.69) is 10.3 Å². The van der Waals surface area contributed by atoms with Gasteiger partial charge in [0.15, 0.2) is 6.61 Å². The Morgan fingerprint density at radius 2 is 2.07 bits per heavy atom. The third kappa shape index (κ3) is 5.13. The number of aromatic nitrogens is 1. The number of nitrogens with one attached hydrogen (secondary N) is 2. The number of hydrogen-bond acceptors (Lipinski definition) is 6. The van der Waals surface area contributed by atoms with Crippen molar-refractivity contribution >= 4 is 45.7 Å². The second kappa shape index (κ2) is 9.41. The SMILES string of the molecule is O=C(COC(=O)CCCc1c[nH]c2ccccc12)NCCN1C(=O)CSC1=O. The fourth-order valence-corrected chi connectivity index (χ4v) is 3.69. The van der Waals surface area contributed by atoms with Gasteiger partial charge in [-0.25, -0.2) is 0 Å². The van der Waals surface area contributed by atoms with E-state index in [0.717, 1.165) is 39.5 Å². The Hall–Kier alpha value is -2.81. The number of thioether (sulfide) groups is 1. The average molecular weight is 403 g/mol. The number of esters is 1. The van der Waals surface area contributed by atoms with Crippen molar-refractivity contribution in [3.05, 3.63) is 36.0 Å². The molecule has 2 heterocycles. The van der Waals surface area contributed by atoms with E-state index >= 15 is 0 Å². The van der Waals surface area contributed by atoms with Gasteiger partial charge in [-0.3, -0.25) is 24.1 Å². The van der Waals surface area contributed by atoms with E-state index in [-0.39, 0.29) is 43.0 Å². The Balaban J connectivity index is 1.30. The highest BCUT2D eigenvalue weighted by Gasteiger charge is 2.29. The molecule has 0 unspecified atom stereocenters. The molecule has 0 saturated carbocycles. The van der Waals surface area contributed by atoms with Crippen molar-refractivity contribution in [2.75, 3.05) is 25.4 Å². The van der Waals surface area contributed by atoms with Gasteiger partial charge in [-0.1, -0.05) is 30.0 Å². The molecular weight excluding hydrogens is 382 g/mol. The summed E-state index contributed by atoms with van der Waals surface area (Å²) in [5.41, 5.74) is 2.21. The number of ether oxygens (including phenoxy) is 1. The fraction of sp³-hybridized carbons (Fsp3) is 0.368. The number of imide groups is 1. The van der Waals surface area contributed by atoms with Gasteiger partial charge in [0, 0.05) is 36.6 Å². The Morgan fingerprint density at radius 3 is 2.86 bits per heavy atom. The summed E-state index contributed by atoms with van der Waals surface area (Å²) in [5, 5.41) is 3.37. The summed E-state index contributed by atoms with van der Waals surface area (Å²) in [4.78, 5) is 50.6. The van der Waals surface area contributed by atoms with Crippen LogP contribution in [0.1, 0.15) is 18.4 Å². The van der Waals surface area contributed by atoms with Crippen molar-refractivity contribution in [2.45, 2.75) is 19.3 Å². The van der Waals surface area contributed by atoms with Gasteiger partial charge >= 0.3 is 5.97 Å². The highest BCUT2D eigenvalue weighted by molar-refractivity contribution is 8.14. The Labute approximate surface area is 166 Å². The molecule has 8 nitrogen and oxygen atoms in total. The van der Waals surface area contributed by atoms with E-state index in [0.29, 0.717) is 6.42 Å². The van der Waals surface area contributed by atoms with E-state index in [9.17, 15) is 19.2 Å². The largest absolute Gasteiger partial charge is 0.456 e. The molecule has 148 valence electrons. The molecule has 3 amide bonds. The normalized spacial score (nSPS) is 13.9. The lowest BCUT2D eigenvalue weighted by atomic mass is 10.1. The van der Waals surface area contributed by atoms with Gasteiger partial charge in [-0.05, 0) is 24.5 Å². The highest BCUT2D eigenvalue weighted by atomic mass is 32.2. The highest BCUT2D eigenvalue weighted by Crippen LogP contribution is 2.19. The van der Waals surface area contributed by atoms with Crippen LogP contribution in [0.15, 0.2) is 30.5 Å². The minimum absolute atomic E-state index is 0.120. The first kappa shape index (κ1) is 19.9. The van der Waals surface area contributed by atoms with E-state index < -0.39 is 11.9 Å². The summed E-state index contributed by atoms with van der Waals surface area (Å²) in [7, 11) is 0. The monoisotopic (exact) mass is 403 g/mol. The van der Waals surface area contributed by atoms with Gasteiger partial charge in [-0.2, -0.15) is 0 Å². The number of carbonyl (C=O) groups is 4. The van der Waals surface area contributed by atoms with E-state index in [1.54, 1.807) is 0 Å². The summed E-state index contributed by atoms with van der Waals surface area (Å²) >= 11 is 0.947. The summed E-state index contributed by atoms with van der Waals surface area (Å²) in [5.74, 6) is -1.01. The minimum atomic E-state index is -0.461. The number of hydrogen-bond donors (Lipinski definition) is 2. The van der Waals surface area contributed by atoms with Crippen molar-refractivity contribution in [1.82, 2.24) is 15.2 Å². The number of rotatable bonds is 9. The average Bonchev–Trinajstić information content (AvgIpc) is 3.24. The van der Waals surface area contributed by atoms with Crippen LogP contribution in [0.5, 0.6) is 0 Å². The number of para-hydroxylation sites is 1. The van der Waals surface area contributed by atoms with Gasteiger partial charge in [0.2, 0.25) is 5.91 Å². The van der Waals surface area contributed by atoms with Gasteiger partial charge in [0.1, 0.15) is 0 Å². The first-order valence-electron chi connectivity index (χ1n) is 8.99. The number of carbonyl (C=O) groups excluding carboxylic acids is 4. The van der Waals surface area contributed by atoms with Crippen molar-refractivity contribution in [3.63, 3.8) is 0 Å². The molecule has 0 radical (unpaired) electrons. The topological polar surface area (TPSA) is 109 Å². The molecule has 1 aliphatic heterocycles. The second-order valence-corrected chi connectivity index (χ2v) is 7.25. The third-order valence-electron chi connectivity index (χ3n) is 4.36. The molecule has 2 N–H and O–H groups in total. The van der Waals surface area contributed by atoms with Crippen LogP contribution in [0.2, 0.25) is 0 Å². The molecule has 1 saturated heterocycles. The summed E-state index contributed by atoms with van der Waals surface area (Å²) in [6, 6.07) is 7.97. The van der Waals surface area contributed by atoms with Gasteiger partial charge in [-0.15, -0.1) is 0 Å². The zero-order chi connectivity index (χ0) is 19.9. The van der Waals surface area contributed by atoms with E-state index in [1.165, 1.54) is 0 Å². The van der Waals surface area contributed by atoms with Crippen molar-refractivity contribution in [2.24, 2.45) is 0 Å². The molecule has 2 aromatic rings. The van der Waals surface area contributed by atoms with Crippen LogP contribution in [0, 0.1) is 0 Å².